The van der Waals surface area contributed by atoms with E-state index in [-0.39, 0.29) is 6.10 Å². The van der Waals surface area contributed by atoms with Crippen molar-refractivity contribution in [1.82, 2.24) is 5.32 Å². The molecule has 17 heavy (non-hydrogen) atoms. The number of rotatable bonds is 3. The van der Waals surface area contributed by atoms with Crippen molar-refractivity contribution in [2.45, 2.75) is 25.0 Å². The first-order valence-electron chi connectivity index (χ1n) is 6.11. The summed E-state index contributed by atoms with van der Waals surface area (Å²) in [6.07, 6.45) is 2.97. The van der Waals surface area contributed by atoms with Gasteiger partial charge in [0.25, 0.3) is 0 Å². The summed E-state index contributed by atoms with van der Waals surface area (Å²) in [5.41, 5.74) is 1.20. The van der Waals surface area contributed by atoms with Gasteiger partial charge in [0, 0.05) is 13.1 Å². The van der Waals surface area contributed by atoms with Crippen molar-refractivity contribution in [3.8, 4) is 5.75 Å². The molecule has 1 atom stereocenters. The first-order valence-corrected chi connectivity index (χ1v) is 6.90. The van der Waals surface area contributed by atoms with E-state index in [0.717, 1.165) is 29.9 Å². The molecule has 1 saturated heterocycles. The van der Waals surface area contributed by atoms with Crippen LogP contribution in [-0.4, -0.2) is 25.8 Å². The van der Waals surface area contributed by atoms with Crippen molar-refractivity contribution in [3.05, 3.63) is 28.2 Å². The summed E-state index contributed by atoms with van der Waals surface area (Å²) in [6.45, 7) is 2.61. The molecule has 2 aliphatic rings. The Morgan fingerprint density at radius 1 is 1.35 bits per heavy atom. The summed E-state index contributed by atoms with van der Waals surface area (Å²) in [5, 5.41) is 3.34. The van der Waals surface area contributed by atoms with Crippen LogP contribution in [0.4, 0.5) is 0 Å². The minimum absolute atomic E-state index is 0.162. The van der Waals surface area contributed by atoms with E-state index >= 15 is 0 Å². The van der Waals surface area contributed by atoms with E-state index in [4.69, 9.17) is 9.47 Å². The predicted octanol–water partition coefficient (Wildman–Crippen LogP) is 2.65. The molecule has 1 aromatic carbocycles. The molecule has 92 valence electrons. The van der Waals surface area contributed by atoms with Crippen LogP contribution in [-0.2, 0) is 4.74 Å². The Balaban J connectivity index is 1.74. The fourth-order valence-corrected chi connectivity index (χ4v) is 2.45. The highest BCUT2D eigenvalue weighted by Gasteiger charge is 2.24. The highest BCUT2D eigenvalue weighted by atomic mass is 79.9. The molecule has 0 aromatic heterocycles. The lowest BCUT2D eigenvalue weighted by Crippen LogP contribution is -2.33. The fourth-order valence-electron chi connectivity index (χ4n) is 1.96. The Morgan fingerprint density at radius 2 is 2.24 bits per heavy atom. The molecule has 0 radical (unpaired) electrons. The van der Waals surface area contributed by atoms with E-state index in [0.29, 0.717) is 6.10 Å². The minimum Gasteiger partial charge on any atom is -0.489 e. The molecule has 1 unspecified atom stereocenters. The third kappa shape index (κ3) is 2.81. The normalized spacial score (nSPS) is 24.6. The molecule has 0 amide bonds. The Labute approximate surface area is 110 Å². The van der Waals surface area contributed by atoms with Crippen LogP contribution in [0, 0.1) is 0 Å². The SMILES string of the molecule is Brc1cc(C2CNCCO2)ccc1OC1CC1. The molecule has 1 N–H and O–H groups in total. The van der Waals surface area contributed by atoms with Gasteiger partial charge >= 0.3 is 0 Å². The molecule has 1 heterocycles. The van der Waals surface area contributed by atoms with Gasteiger partial charge in [0.1, 0.15) is 5.75 Å². The van der Waals surface area contributed by atoms with Crippen LogP contribution in [0.1, 0.15) is 24.5 Å². The third-order valence-electron chi connectivity index (χ3n) is 3.07. The first-order chi connectivity index (χ1) is 8.33. The maximum atomic E-state index is 5.80. The van der Waals surface area contributed by atoms with Gasteiger partial charge in [-0.3, -0.25) is 0 Å². The van der Waals surface area contributed by atoms with Gasteiger partial charge in [0.05, 0.1) is 23.3 Å². The van der Waals surface area contributed by atoms with E-state index in [9.17, 15) is 0 Å². The van der Waals surface area contributed by atoms with E-state index in [1.165, 1.54) is 18.4 Å². The van der Waals surface area contributed by atoms with Crippen LogP contribution in [0.5, 0.6) is 5.75 Å². The second-order valence-corrected chi connectivity index (χ2v) is 5.42. The fraction of sp³-hybridized carbons (Fsp3) is 0.538. The number of morpholine rings is 1. The summed E-state index contributed by atoms with van der Waals surface area (Å²) >= 11 is 3.57. The second-order valence-electron chi connectivity index (χ2n) is 4.57. The molecule has 4 heteroatoms. The molecule has 3 nitrogen and oxygen atoms in total. The van der Waals surface area contributed by atoms with Crippen LogP contribution in [0.25, 0.3) is 0 Å². The van der Waals surface area contributed by atoms with Gasteiger partial charge in [-0.1, -0.05) is 6.07 Å². The van der Waals surface area contributed by atoms with Gasteiger partial charge in [-0.2, -0.15) is 0 Å². The van der Waals surface area contributed by atoms with Crippen LogP contribution in [0.3, 0.4) is 0 Å². The standard InChI is InChI=1S/C13H16BrNO2/c14-11-7-9(13-8-15-5-6-16-13)1-4-12(11)17-10-2-3-10/h1,4,7,10,13,15H,2-3,5-6,8H2. The zero-order chi connectivity index (χ0) is 11.7. The molecular weight excluding hydrogens is 282 g/mol. The summed E-state index contributed by atoms with van der Waals surface area (Å²) in [5.74, 6) is 0.944. The van der Waals surface area contributed by atoms with Gasteiger partial charge in [0.2, 0.25) is 0 Å². The van der Waals surface area contributed by atoms with Crippen LogP contribution >= 0.6 is 15.9 Å². The molecular formula is C13H16BrNO2. The lowest BCUT2D eigenvalue weighted by atomic mass is 10.1. The molecule has 2 fully saturated rings. The maximum absolute atomic E-state index is 5.80. The topological polar surface area (TPSA) is 30.5 Å². The third-order valence-corrected chi connectivity index (χ3v) is 3.69. The molecule has 1 aromatic rings. The van der Waals surface area contributed by atoms with Gasteiger partial charge in [-0.15, -0.1) is 0 Å². The number of nitrogens with one attached hydrogen (secondary N) is 1. The summed E-state index contributed by atoms with van der Waals surface area (Å²) in [7, 11) is 0. The van der Waals surface area contributed by atoms with Crippen molar-refractivity contribution in [3.63, 3.8) is 0 Å². The smallest absolute Gasteiger partial charge is 0.133 e. The van der Waals surface area contributed by atoms with Crippen molar-refractivity contribution < 1.29 is 9.47 Å². The van der Waals surface area contributed by atoms with E-state index in [2.05, 4.69) is 33.4 Å². The first kappa shape index (κ1) is 11.5. The van der Waals surface area contributed by atoms with Gasteiger partial charge in [-0.05, 0) is 46.5 Å². The Morgan fingerprint density at radius 3 is 2.88 bits per heavy atom. The highest BCUT2D eigenvalue weighted by Crippen LogP contribution is 2.34. The summed E-state index contributed by atoms with van der Waals surface area (Å²) in [4.78, 5) is 0. The molecule has 0 bridgehead atoms. The lowest BCUT2D eigenvalue weighted by Gasteiger charge is -2.24. The lowest BCUT2D eigenvalue weighted by molar-refractivity contribution is 0.0276. The van der Waals surface area contributed by atoms with E-state index < -0.39 is 0 Å². The van der Waals surface area contributed by atoms with Crippen LogP contribution in [0.15, 0.2) is 22.7 Å². The zero-order valence-electron chi connectivity index (χ0n) is 9.62. The average molecular weight is 298 g/mol. The monoisotopic (exact) mass is 297 g/mol. The number of halogens is 1. The van der Waals surface area contributed by atoms with Gasteiger partial charge in [0.15, 0.2) is 0 Å². The van der Waals surface area contributed by atoms with Gasteiger partial charge in [-0.25, -0.2) is 0 Å². The molecule has 0 spiro atoms. The average Bonchev–Trinajstić information content (AvgIpc) is 3.17. The maximum Gasteiger partial charge on any atom is 0.133 e. The highest BCUT2D eigenvalue weighted by molar-refractivity contribution is 9.10. The number of ether oxygens (including phenoxy) is 2. The number of benzene rings is 1. The molecule has 3 rings (SSSR count). The Hall–Kier alpha value is -0.580. The largest absolute Gasteiger partial charge is 0.489 e. The van der Waals surface area contributed by atoms with Crippen molar-refractivity contribution in [1.29, 1.82) is 0 Å². The minimum atomic E-state index is 0.162. The summed E-state index contributed by atoms with van der Waals surface area (Å²) < 4.78 is 12.5. The van der Waals surface area contributed by atoms with Crippen LogP contribution in [0.2, 0.25) is 0 Å². The number of hydrogen-bond acceptors (Lipinski definition) is 3. The Kier molecular flexibility index (Phi) is 3.36. The van der Waals surface area contributed by atoms with Crippen molar-refractivity contribution >= 4 is 15.9 Å². The van der Waals surface area contributed by atoms with E-state index in [1.54, 1.807) is 0 Å². The number of hydrogen-bond donors (Lipinski definition) is 1. The van der Waals surface area contributed by atoms with Gasteiger partial charge < -0.3 is 14.8 Å². The second kappa shape index (κ2) is 4.96. The zero-order valence-corrected chi connectivity index (χ0v) is 11.2. The summed E-state index contributed by atoms with van der Waals surface area (Å²) in [6, 6.07) is 6.24. The van der Waals surface area contributed by atoms with Crippen LogP contribution < -0.4 is 10.1 Å². The predicted molar refractivity (Wildman–Crippen MR) is 69.4 cm³/mol. The Bertz CT molecular complexity index is 400. The van der Waals surface area contributed by atoms with Crippen molar-refractivity contribution in [2.75, 3.05) is 19.7 Å². The molecule has 1 aliphatic carbocycles. The molecule has 1 aliphatic heterocycles. The van der Waals surface area contributed by atoms with E-state index in [1.807, 2.05) is 6.07 Å². The quantitative estimate of drug-likeness (QED) is 0.930. The molecule has 1 saturated carbocycles. The van der Waals surface area contributed by atoms with Crippen molar-refractivity contribution in [2.24, 2.45) is 0 Å².